The monoisotopic (exact) mass is 310 g/mol. The number of ether oxygens (including phenoxy) is 1. The zero-order valence-electron chi connectivity index (χ0n) is 12.9. The van der Waals surface area contributed by atoms with Gasteiger partial charge in [0.2, 0.25) is 5.91 Å². The Hall–Kier alpha value is -0.820. The van der Waals surface area contributed by atoms with Crippen LogP contribution in [-0.4, -0.2) is 56.4 Å². The second kappa shape index (κ2) is 7.98. The van der Waals surface area contributed by atoms with E-state index in [-0.39, 0.29) is 12.0 Å². The standard InChI is InChI=1S/C14H25F3N2O2/c1-10(2)11-8-19(6-7-21-3)9-12(11)18-13(20)4-5-14(15,16)17/h10-12H,4-9H2,1-3H3,(H,18,20)/t11-,12+/m1/s1. The molecule has 1 fully saturated rings. The molecular formula is C14H25F3N2O2. The topological polar surface area (TPSA) is 41.6 Å². The van der Waals surface area contributed by atoms with Crippen LogP contribution in [0.3, 0.4) is 0 Å². The first kappa shape index (κ1) is 18.2. The lowest BCUT2D eigenvalue weighted by atomic mass is 9.91. The van der Waals surface area contributed by atoms with Crippen LogP contribution in [0.2, 0.25) is 0 Å². The van der Waals surface area contributed by atoms with Gasteiger partial charge in [-0.3, -0.25) is 9.69 Å². The molecule has 1 rings (SSSR count). The Kier molecular flexibility index (Phi) is 6.93. The average molecular weight is 310 g/mol. The molecule has 4 nitrogen and oxygen atoms in total. The Bertz CT molecular complexity index is 335. The lowest BCUT2D eigenvalue weighted by Gasteiger charge is -2.23. The van der Waals surface area contributed by atoms with Crippen LogP contribution in [0, 0.1) is 11.8 Å². The molecule has 21 heavy (non-hydrogen) atoms. The molecule has 1 aliphatic heterocycles. The summed E-state index contributed by atoms with van der Waals surface area (Å²) in [6, 6.07) is -0.0809. The summed E-state index contributed by atoms with van der Waals surface area (Å²) < 4.78 is 41.4. The van der Waals surface area contributed by atoms with Crippen LogP contribution in [0.1, 0.15) is 26.7 Å². The molecule has 7 heteroatoms. The van der Waals surface area contributed by atoms with Crippen molar-refractivity contribution in [2.24, 2.45) is 11.8 Å². The molecule has 1 heterocycles. The molecule has 0 bridgehead atoms. The predicted molar refractivity (Wildman–Crippen MR) is 73.9 cm³/mol. The van der Waals surface area contributed by atoms with E-state index in [9.17, 15) is 18.0 Å². The van der Waals surface area contributed by atoms with Gasteiger partial charge >= 0.3 is 6.18 Å². The second-order valence-electron chi connectivity index (χ2n) is 5.95. The third kappa shape index (κ3) is 6.65. The normalized spacial score (nSPS) is 23.8. The minimum absolute atomic E-state index is 0.0809. The first-order valence-corrected chi connectivity index (χ1v) is 7.30. The van der Waals surface area contributed by atoms with Gasteiger partial charge in [-0.2, -0.15) is 13.2 Å². The van der Waals surface area contributed by atoms with Crippen LogP contribution < -0.4 is 5.32 Å². The highest BCUT2D eigenvalue weighted by molar-refractivity contribution is 5.76. The first-order chi connectivity index (χ1) is 9.73. The van der Waals surface area contributed by atoms with Gasteiger partial charge in [-0.1, -0.05) is 13.8 Å². The number of carbonyl (C=O) groups excluding carboxylic acids is 1. The molecule has 1 N–H and O–H groups in total. The van der Waals surface area contributed by atoms with Gasteiger partial charge in [-0.05, 0) is 11.8 Å². The van der Waals surface area contributed by atoms with E-state index in [1.807, 2.05) is 0 Å². The number of nitrogens with zero attached hydrogens (tertiary/aromatic N) is 1. The van der Waals surface area contributed by atoms with Crippen LogP contribution in [0.5, 0.6) is 0 Å². The molecular weight excluding hydrogens is 285 g/mol. The van der Waals surface area contributed by atoms with Crippen molar-refractivity contribution in [3.8, 4) is 0 Å². The molecule has 1 saturated heterocycles. The van der Waals surface area contributed by atoms with Crippen LogP contribution in [0.25, 0.3) is 0 Å². The molecule has 0 aromatic carbocycles. The summed E-state index contributed by atoms with van der Waals surface area (Å²) in [4.78, 5) is 13.9. The maximum Gasteiger partial charge on any atom is 0.389 e. The molecule has 0 unspecified atom stereocenters. The highest BCUT2D eigenvalue weighted by Gasteiger charge is 2.36. The van der Waals surface area contributed by atoms with E-state index < -0.39 is 24.9 Å². The zero-order chi connectivity index (χ0) is 16.0. The SMILES string of the molecule is COCCN1C[C@H](NC(=O)CCC(F)(F)F)[C@@H](C(C)C)C1. The Morgan fingerprint density at radius 2 is 2.05 bits per heavy atom. The number of likely N-dealkylation sites (tertiary alicyclic amines) is 1. The fraction of sp³-hybridized carbons (Fsp3) is 0.929. The summed E-state index contributed by atoms with van der Waals surface area (Å²) >= 11 is 0. The molecule has 0 spiro atoms. The molecule has 124 valence electrons. The highest BCUT2D eigenvalue weighted by atomic mass is 19.4. The van der Waals surface area contributed by atoms with Crippen molar-refractivity contribution in [3.63, 3.8) is 0 Å². The first-order valence-electron chi connectivity index (χ1n) is 7.30. The zero-order valence-corrected chi connectivity index (χ0v) is 12.9. The fourth-order valence-corrected chi connectivity index (χ4v) is 2.68. The number of amides is 1. The van der Waals surface area contributed by atoms with Gasteiger partial charge in [0.25, 0.3) is 0 Å². The summed E-state index contributed by atoms with van der Waals surface area (Å²) in [6.45, 7) is 7.03. The molecule has 0 saturated carbocycles. The molecule has 2 atom stereocenters. The van der Waals surface area contributed by atoms with E-state index in [1.165, 1.54) is 0 Å². The van der Waals surface area contributed by atoms with Crippen LogP contribution in [0.15, 0.2) is 0 Å². The lowest BCUT2D eigenvalue weighted by molar-refractivity contribution is -0.144. The maximum atomic E-state index is 12.1. The van der Waals surface area contributed by atoms with E-state index in [0.29, 0.717) is 19.1 Å². The molecule has 1 amide bonds. The predicted octanol–water partition coefficient (Wildman–Crippen LogP) is 2.05. The summed E-state index contributed by atoms with van der Waals surface area (Å²) in [6.07, 6.45) is -5.84. The van der Waals surface area contributed by atoms with Crippen molar-refractivity contribution in [2.75, 3.05) is 33.4 Å². The smallest absolute Gasteiger partial charge is 0.383 e. The Balaban J connectivity index is 2.48. The third-order valence-electron chi connectivity index (χ3n) is 3.89. The third-order valence-corrected chi connectivity index (χ3v) is 3.89. The maximum absolute atomic E-state index is 12.1. The summed E-state index contributed by atoms with van der Waals surface area (Å²) in [5, 5.41) is 2.77. The highest BCUT2D eigenvalue weighted by Crippen LogP contribution is 2.25. The van der Waals surface area contributed by atoms with Crippen molar-refractivity contribution in [1.29, 1.82) is 0 Å². The number of halogens is 3. The number of carbonyl (C=O) groups is 1. The van der Waals surface area contributed by atoms with Gasteiger partial charge in [-0.15, -0.1) is 0 Å². The van der Waals surface area contributed by atoms with Crippen LogP contribution in [0.4, 0.5) is 13.2 Å². The summed E-state index contributed by atoms with van der Waals surface area (Å²) in [5.41, 5.74) is 0. The Morgan fingerprint density at radius 1 is 1.38 bits per heavy atom. The van der Waals surface area contributed by atoms with Gasteiger partial charge in [0.15, 0.2) is 0 Å². The summed E-state index contributed by atoms with van der Waals surface area (Å²) in [7, 11) is 1.63. The number of hydrogen-bond acceptors (Lipinski definition) is 3. The van der Waals surface area contributed by atoms with Crippen molar-refractivity contribution in [2.45, 2.75) is 38.9 Å². The summed E-state index contributed by atoms with van der Waals surface area (Å²) in [5.74, 6) is 0.110. The van der Waals surface area contributed by atoms with Gasteiger partial charge in [-0.25, -0.2) is 0 Å². The number of nitrogens with one attached hydrogen (secondary N) is 1. The lowest BCUT2D eigenvalue weighted by Crippen LogP contribution is -2.42. The second-order valence-corrected chi connectivity index (χ2v) is 5.95. The van der Waals surface area contributed by atoms with Crippen LogP contribution >= 0.6 is 0 Å². The van der Waals surface area contributed by atoms with Crippen molar-refractivity contribution >= 4 is 5.91 Å². The molecule has 0 radical (unpaired) electrons. The van der Waals surface area contributed by atoms with E-state index in [0.717, 1.165) is 13.1 Å². The quantitative estimate of drug-likeness (QED) is 0.782. The Morgan fingerprint density at radius 3 is 2.57 bits per heavy atom. The number of rotatable bonds is 7. The van der Waals surface area contributed by atoms with Crippen molar-refractivity contribution < 1.29 is 22.7 Å². The van der Waals surface area contributed by atoms with Gasteiger partial charge in [0, 0.05) is 39.2 Å². The number of methoxy groups -OCH3 is 1. The van der Waals surface area contributed by atoms with E-state index in [1.54, 1.807) is 7.11 Å². The number of hydrogen-bond donors (Lipinski definition) is 1. The minimum atomic E-state index is -4.28. The molecule has 1 aliphatic rings. The van der Waals surface area contributed by atoms with E-state index in [4.69, 9.17) is 4.74 Å². The van der Waals surface area contributed by atoms with Crippen LogP contribution in [-0.2, 0) is 9.53 Å². The van der Waals surface area contributed by atoms with Crippen molar-refractivity contribution in [3.05, 3.63) is 0 Å². The largest absolute Gasteiger partial charge is 0.389 e. The van der Waals surface area contributed by atoms with E-state index in [2.05, 4.69) is 24.1 Å². The molecule has 0 aromatic rings. The fourth-order valence-electron chi connectivity index (χ4n) is 2.68. The minimum Gasteiger partial charge on any atom is -0.383 e. The average Bonchev–Trinajstić information content (AvgIpc) is 2.76. The van der Waals surface area contributed by atoms with E-state index >= 15 is 0 Å². The molecule has 0 aromatic heterocycles. The molecule has 0 aliphatic carbocycles. The van der Waals surface area contributed by atoms with Crippen molar-refractivity contribution in [1.82, 2.24) is 10.2 Å². The van der Waals surface area contributed by atoms with Gasteiger partial charge in [0.05, 0.1) is 13.0 Å². The van der Waals surface area contributed by atoms with Gasteiger partial charge < -0.3 is 10.1 Å². The Labute approximate surface area is 124 Å². The van der Waals surface area contributed by atoms with Gasteiger partial charge in [0.1, 0.15) is 0 Å². The number of alkyl halides is 3.